The van der Waals surface area contributed by atoms with E-state index in [2.05, 4.69) is 28.3 Å². The summed E-state index contributed by atoms with van der Waals surface area (Å²) in [5.74, 6) is 0.591. The van der Waals surface area contributed by atoms with Gasteiger partial charge in [-0.2, -0.15) is 0 Å². The second-order valence-electron chi connectivity index (χ2n) is 8.07. The molecule has 0 bridgehead atoms. The van der Waals surface area contributed by atoms with E-state index in [1.807, 2.05) is 11.0 Å². The number of hydrogen-bond acceptors (Lipinski definition) is 6. The molecule has 3 rings (SSSR count). The summed E-state index contributed by atoms with van der Waals surface area (Å²) >= 11 is 0. The summed E-state index contributed by atoms with van der Waals surface area (Å²) in [6, 6.07) is 0.274. The molecule has 0 aliphatic carbocycles. The van der Waals surface area contributed by atoms with Crippen LogP contribution < -0.4 is 0 Å². The number of piperazine rings is 1. The number of aliphatic hydroxyl groups is 1. The number of rotatable bonds is 8. The SMILES string of the molecule is C=CCCC(O)CN1CCN(Cc2nc(C(=O)N3CCCCC3C)co2)CC1. The fraction of sp³-hybridized carbons (Fsp3) is 0.714. The molecule has 1 amide bonds. The van der Waals surface area contributed by atoms with E-state index in [1.54, 1.807) is 0 Å². The highest BCUT2D eigenvalue weighted by Crippen LogP contribution is 2.19. The van der Waals surface area contributed by atoms with Crippen molar-refractivity contribution in [3.63, 3.8) is 0 Å². The van der Waals surface area contributed by atoms with Gasteiger partial charge in [-0.25, -0.2) is 4.98 Å². The van der Waals surface area contributed by atoms with Crippen molar-refractivity contribution >= 4 is 5.91 Å². The van der Waals surface area contributed by atoms with Gasteiger partial charge in [0.15, 0.2) is 5.69 Å². The van der Waals surface area contributed by atoms with E-state index in [4.69, 9.17) is 4.42 Å². The molecule has 7 nitrogen and oxygen atoms in total. The first-order chi connectivity index (χ1) is 13.6. The minimum absolute atomic E-state index is 0.0134. The second kappa shape index (κ2) is 10.2. The number of likely N-dealkylation sites (tertiary alicyclic amines) is 1. The van der Waals surface area contributed by atoms with Crippen molar-refractivity contribution in [2.45, 2.75) is 57.7 Å². The Morgan fingerprint density at radius 1 is 1.32 bits per heavy atom. The number of carbonyl (C=O) groups is 1. The number of aliphatic hydroxyl groups excluding tert-OH is 1. The molecule has 7 heteroatoms. The van der Waals surface area contributed by atoms with E-state index in [0.29, 0.717) is 24.7 Å². The highest BCUT2D eigenvalue weighted by molar-refractivity contribution is 5.92. The van der Waals surface area contributed by atoms with E-state index < -0.39 is 0 Å². The van der Waals surface area contributed by atoms with Crippen LogP contribution in [0.1, 0.15) is 55.4 Å². The standard InChI is InChI=1S/C21H34N4O3/c1-3-4-8-18(26)14-23-10-12-24(13-11-23)15-20-22-19(16-28-20)21(27)25-9-6-5-7-17(25)2/h3,16-18,26H,1,4-15H2,2H3. The molecule has 1 N–H and O–H groups in total. The number of carbonyl (C=O) groups excluding carboxylic acids is 1. The molecule has 2 unspecified atom stereocenters. The van der Waals surface area contributed by atoms with Gasteiger partial charge in [-0.3, -0.25) is 14.6 Å². The number of hydrogen-bond donors (Lipinski definition) is 1. The van der Waals surface area contributed by atoms with Gasteiger partial charge in [-0.05, 0) is 39.0 Å². The lowest BCUT2D eigenvalue weighted by Crippen LogP contribution is -2.48. The van der Waals surface area contributed by atoms with Crippen LogP contribution >= 0.6 is 0 Å². The minimum Gasteiger partial charge on any atom is -0.447 e. The zero-order chi connectivity index (χ0) is 19.9. The van der Waals surface area contributed by atoms with E-state index >= 15 is 0 Å². The van der Waals surface area contributed by atoms with Gasteiger partial charge in [0.25, 0.3) is 5.91 Å². The molecule has 3 heterocycles. The predicted molar refractivity (Wildman–Crippen MR) is 108 cm³/mol. The van der Waals surface area contributed by atoms with Crippen molar-refractivity contribution in [3.05, 3.63) is 30.5 Å². The van der Waals surface area contributed by atoms with Crippen LogP contribution in [0.4, 0.5) is 0 Å². The van der Waals surface area contributed by atoms with Crippen molar-refractivity contribution in [2.75, 3.05) is 39.3 Å². The number of piperidine rings is 1. The first kappa shape index (κ1) is 21.0. The molecule has 1 aromatic heterocycles. The number of oxazole rings is 1. The van der Waals surface area contributed by atoms with Crippen molar-refractivity contribution in [1.29, 1.82) is 0 Å². The summed E-state index contributed by atoms with van der Waals surface area (Å²) in [7, 11) is 0. The van der Waals surface area contributed by atoms with Gasteiger partial charge in [0, 0.05) is 45.3 Å². The van der Waals surface area contributed by atoms with Crippen LogP contribution in [-0.2, 0) is 6.54 Å². The maximum absolute atomic E-state index is 12.7. The fourth-order valence-electron chi connectivity index (χ4n) is 4.05. The van der Waals surface area contributed by atoms with E-state index in [1.165, 1.54) is 12.7 Å². The smallest absolute Gasteiger partial charge is 0.276 e. The Bertz CT molecular complexity index is 639. The Hall–Kier alpha value is -1.70. The van der Waals surface area contributed by atoms with Crippen LogP contribution in [0, 0.1) is 0 Å². The Balaban J connectivity index is 1.44. The summed E-state index contributed by atoms with van der Waals surface area (Å²) in [4.78, 5) is 23.6. The number of aromatic nitrogens is 1. The van der Waals surface area contributed by atoms with Gasteiger partial charge in [0.1, 0.15) is 6.26 Å². The average Bonchev–Trinajstić information content (AvgIpc) is 3.16. The van der Waals surface area contributed by atoms with Crippen molar-refractivity contribution < 1.29 is 14.3 Å². The third-order valence-corrected chi connectivity index (χ3v) is 5.83. The van der Waals surface area contributed by atoms with Gasteiger partial charge in [-0.1, -0.05) is 6.08 Å². The molecule has 0 spiro atoms. The monoisotopic (exact) mass is 390 g/mol. The summed E-state index contributed by atoms with van der Waals surface area (Å²) in [5, 5.41) is 10.1. The summed E-state index contributed by atoms with van der Waals surface area (Å²) in [6.07, 6.45) is 7.99. The lowest BCUT2D eigenvalue weighted by molar-refractivity contribution is 0.0628. The Morgan fingerprint density at radius 2 is 2.07 bits per heavy atom. The van der Waals surface area contributed by atoms with Crippen molar-refractivity contribution in [1.82, 2.24) is 19.7 Å². The van der Waals surface area contributed by atoms with E-state index in [0.717, 1.165) is 58.4 Å². The second-order valence-corrected chi connectivity index (χ2v) is 8.07. The number of nitrogens with zero attached hydrogens (tertiary/aromatic N) is 4. The molecule has 0 aromatic carbocycles. The van der Waals surface area contributed by atoms with Gasteiger partial charge < -0.3 is 14.4 Å². The van der Waals surface area contributed by atoms with Gasteiger partial charge in [-0.15, -0.1) is 6.58 Å². The summed E-state index contributed by atoms with van der Waals surface area (Å²) in [5.41, 5.74) is 0.424. The van der Waals surface area contributed by atoms with Crippen LogP contribution in [0.5, 0.6) is 0 Å². The highest BCUT2D eigenvalue weighted by atomic mass is 16.3. The minimum atomic E-state index is -0.290. The number of amides is 1. The van der Waals surface area contributed by atoms with Crippen LogP contribution in [0.2, 0.25) is 0 Å². The zero-order valence-corrected chi connectivity index (χ0v) is 17.1. The normalized spacial score (nSPS) is 22.9. The molecule has 0 radical (unpaired) electrons. The zero-order valence-electron chi connectivity index (χ0n) is 17.1. The van der Waals surface area contributed by atoms with E-state index in [-0.39, 0.29) is 18.1 Å². The van der Waals surface area contributed by atoms with Gasteiger partial charge >= 0.3 is 0 Å². The number of allylic oxidation sites excluding steroid dienone is 1. The maximum Gasteiger partial charge on any atom is 0.276 e. The average molecular weight is 391 g/mol. The molecule has 156 valence electrons. The summed E-state index contributed by atoms with van der Waals surface area (Å²) in [6.45, 7) is 11.6. The molecule has 1 aromatic rings. The molecule has 2 atom stereocenters. The first-order valence-corrected chi connectivity index (χ1v) is 10.6. The lowest BCUT2D eigenvalue weighted by atomic mass is 10.0. The quantitative estimate of drug-likeness (QED) is 0.686. The van der Waals surface area contributed by atoms with Crippen LogP contribution in [0.25, 0.3) is 0 Å². The summed E-state index contributed by atoms with van der Waals surface area (Å²) < 4.78 is 5.59. The molecule has 2 saturated heterocycles. The predicted octanol–water partition coefficient (Wildman–Crippen LogP) is 2.13. The van der Waals surface area contributed by atoms with Crippen LogP contribution in [-0.4, -0.2) is 82.1 Å². The van der Waals surface area contributed by atoms with Crippen LogP contribution in [0.15, 0.2) is 23.3 Å². The van der Waals surface area contributed by atoms with Gasteiger partial charge in [0.05, 0.1) is 12.6 Å². The molecular formula is C21H34N4O3. The topological polar surface area (TPSA) is 73.1 Å². The largest absolute Gasteiger partial charge is 0.447 e. The number of β-amino-alcohol motifs (C(OH)–C–C–N with tert-alkyl or cyclic N) is 1. The van der Waals surface area contributed by atoms with Gasteiger partial charge in [0.2, 0.25) is 5.89 Å². The third kappa shape index (κ3) is 5.65. The molecule has 0 saturated carbocycles. The van der Waals surface area contributed by atoms with Crippen molar-refractivity contribution in [3.8, 4) is 0 Å². The molecule has 28 heavy (non-hydrogen) atoms. The fourth-order valence-corrected chi connectivity index (χ4v) is 4.05. The highest BCUT2D eigenvalue weighted by Gasteiger charge is 2.27. The molecule has 2 aliphatic rings. The van der Waals surface area contributed by atoms with E-state index in [9.17, 15) is 9.90 Å². The Labute approximate surface area is 168 Å². The molecule has 2 aliphatic heterocycles. The first-order valence-electron chi connectivity index (χ1n) is 10.6. The van der Waals surface area contributed by atoms with Crippen molar-refractivity contribution in [2.24, 2.45) is 0 Å². The maximum atomic E-state index is 12.7. The molecular weight excluding hydrogens is 356 g/mol. The van der Waals surface area contributed by atoms with Crippen LogP contribution in [0.3, 0.4) is 0 Å². The Morgan fingerprint density at radius 3 is 2.79 bits per heavy atom. The molecule has 2 fully saturated rings. The third-order valence-electron chi connectivity index (χ3n) is 5.83. The Kier molecular flexibility index (Phi) is 7.65. The lowest BCUT2D eigenvalue weighted by Gasteiger charge is -2.35.